The summed E-state index contributed by atoms with van der Waals surface area (Å²) in [6.45, 7) is 1.68. The van der Waals surface area contributed by atoms with E-state index in [-0.39, 0.29) is 6.04 Å². The number of aromatic nitrogens is 4. The smallest absolute Gasteiger partial charge is 0.167 e. The molecule has 0 radical (unpaired) electrons. The normalized spacial score (nSPS) is 25.6. The zero-order chi connectivity index (χ0) is 20.5. The van der Waals surface area contributed by atoms with Gasteiger partial charge in [0, 0.05) is 17.3 Å². The first kappa shape index (κ1) is 20.5. The van der Waals surface area contributed by atoms with Gasteiger partial charge in [-0.15, -0.1) is 11.3 Å². The number of hydrogen-bond donors (Lipinski definition) is 4. The summed E-state index contributed by atoms with van der Waals surface area (Å²) in [5.41, 5.74) is 0.988. The fourth-order valence-electron chi connectivity index (χ4n) is 3.44. The van der Waals surface area contributed by atoms with E-state index in [4.69, 9.17) is 16.3 Å². The lowest BCUT2D eigenvalue weighted by Crippen LogP contribution is -2.33. The lowest BCUT2D eigenvalue weighted by Gasteiger charge is -2.18. The summed E-state index contributed by atoms with van der Waals surface area (Å²) in [7, 11) is 0. The lowest BCUT2D eigenvalue weighted by molar-refractivity contribution is -0.0511. The van der Waals surface area contributed by atoms with Crippen LogP contribution in [0.3, 0.4) is 0 Å². The van der Waals surface area contributed by atoms with Crippen LogP contribution in [-0.4, -0.2) is 65.8 Å². The fraction of sp³-hybridized carbons (Fsp3) is 0.500. The molecule has 11 heteroatoms. The van der Waals surface area contributed by atoms with Crippen molar-refractivity contribution in [3.05, 3.63) is 34.0 Å². The summed E-state index contributed by atoms with van der Waals surface area (Å²) in [4.78, 5) is 14.1. The van der Waals surface area contributed by atoms with Gasteiger partial charge in [0.2, 0.25) is 0 Å². The zero-order valence-corrected chi connectivity index (χ0v) is 17.2. The van der Waals surface area contributed by atoms with Gasteiger partial charge in [0.05, 0.1) is 18.0 Å². The number of nitrogens with one attached hydrogen (secondary N) is 1. The van der Waals surface area contributed by atoms with E-state index in [9.17, 15) is 15.3 Å². The molecule has 1 aliphatic rings. The number of anilines is 1. The Morgan fingerprint density at radius 1 is 1.31 bits per heavy atom. The summed E-state index contributed by atoms with van der Waals surface area (Å²) >= 11 is 7.85. The van der Waals surface area contributed by atoms with Crippen molar-refractivity contribution in [1.29, 1.82) is 0 Å². The van der Waals surface area contributed by atoms with Crippen molar-refractivity contribution in [3.63, 3.8) is 0 Å². The number of ether oxygens (including phenoxy) is 1. The van der Waals surface area contributed by atoms with Crippen LogP contribution in [0.15, 0.2) is 24.1 Å². The molecule has 0 aliphatic carbocycles. The Bertz CT molecular complexity index is 982. The van der Waals surface area contributed by atoms with E-state index < -0.39 is 31.1 Å². The van der Waals surface area contributed by atoms with E-state index in [2.05, 4.69) is 27.2 Å². The summed E-state index contributed by atoms with van der Waals surface area (Å²) < 4.78 is 7.14. The van der Waals surface area contributed by atoms with Gasteiger partial charge in [0.25, 0.3) is 0 Å². The van der Waals surface area contributed by atoms with Gasteiger partial charge in [0.1, 0.15) is 24.6 Å². The highest BCUT2D eigenvalue weighted by molar-refractivity contribution is 7.10. The molecule has 0 bridgehead atoms. The average Bonchev–Trinajstić information content (AvgIpc) is 3.41. The molecule has 5 atom stereocenters. The van der Waals surface area contributed by atoms with Crippen LogP contribution in [0.2, 0.25) is 5.02 Å². The second-order valence-corrected chi connectivity index (χ2v) is 8.33. The predicted octanol–water partition coefficient (Wildman–Crippen LogP) is 1.59. The number of halogens is 1. The van der Waals surface area contributed by atoms with E-state index in [1.165, 1.54) is 12.7 Å². The number of thiophene rings is 1. The van der Waals surface area contributed by atoms with Gasteiger partial charge >= 0.3 is 0 Å². The van der Waals surface area contributed by atoms with Crippen LogP contribution < -0.4 is 5.32 Å². The van der Waals surface area contributed by atoms with E-state index in [1.54, 1.807) is 15.9 Å². The number of nitrogens with zero attached hydrogens (tertiary/aromatic N) is 4. The third kappa shape index (κ3) is 3.83. The number of imidazole rings is 1. The van der Waals surface area contributed by atoms with Gasteiger partial charge in [-0.05, 0) is 17.9 Å². The van der Waals surface area contributed by atoms with Crippen molar-refractivity contribution in [1.82, 2.24) is 19.5 Å². The first-order valence-corrected chi connectivity index (χ1v) is 10.6. The number of hydrogen-bond acceptors (Lipinski definition) is 9. The Morgan fingerprint density at radius 2 is 2.14 bits per heavy atom. The van der Waals surface area contributed by atoms with Crippen LogP contribution in [-0.2, 0) is 11.2 Å². The molecular weight excluding hydrogens is 418 g/mol. The molecule has 0 amide bonds. The van der Waals surface area contributed by atoms with Crippen molar-refractivity contribution < 1.29 is 20.1 Å². The van der Waals surface area contributed by atoms with Crippen LogP contribution in [0.1, 0.15) is 24.4 Å². The molecule has 2 unspecified atom stereocenters. The SMILES string of the molecule is CC[C@H](Cc1sccc1Cl)Nc1ncnc2c1ncn2[C@@H]1O[C@H](CO)C(O)C1O. The molecule has 3 aromatic rings. The minimum Gasteiger partial charge on any atom is -0.394 e. The molecule has 1 fully saturated rings. The Hall–Kier alpha value is -1.82. The molecule has 9 nitrogen and oxygen atoms in total. The fourth-order valence-corrected chi connectivity index (χ4v) is 4.63. The van der Waals surface area contributed by atoms with Crippen molar-refractivity contribution in [2.75, 3.05) is 11.9 Å². The largest absolute Gasteiger partial charge is 0.394 e. The highest BCUT2D eigenvalue weighted by Crippen LogP contribution is 2.32. The Balaban J connectivity index is 1.60. The maximum atomic E-state index is 10.3. The highest BCUT2D eigenvalue weighted by atomic mass is 35.5. The second-order valence-electron chi connectivity index (χ2n) is 6.92. The van der Waals surface area contributed by atoms with E-state index in [0.717, 1.165) is 22.7 Å². The minimum atomic E-state index is -1.21. The van der Waals surface area contributed by atoms with Crippen molar-refractivity contribution in [2.24, 2.45) is 0 Å². The van der Waals surface area contributed by atoms with Gasteiger partial charge in [-0.1, -0.05) is 18.5 Å². The monoisotopic (exact) mass is 439 g/mol. The van der Waals surface area contributed by atoms with E-state index >= 15 is 0 Å². The predicted molar refractivity (Wildman–Crippen MR) is 109 cm³/mol. The quantitative estimate of drug-likeness (QED) is 0.437. The van der Waals surface area contributed by atoms with Crippen molar-refractivity contribution >= 4 is 39.9 Å². The molecular formula is C18H22ClN5O4S. The third-order valence-electron chi connectivity index (χ3n) is 5.11. The molecule has 0 aromatic carbocycles. The van der Waals surface area contributed by atoms with Crippen LogP contribution in [0.25, 0.3) is 11.2 Å². The maximum absolute atomic E-state index is 10.3. The Morgan fingerprint density at radius 3 is 2.79 bits per heavy atom. The molecule has 0 spiro atoms. The van der Waals surface area contributed by atoms with Crippen molar-refractivity contribution in [3.8, 4) is 0 Å². The molecule has 4 rings (SSSR count). The first-order valence-electron chi connectivity index (χ1n) is 9.31. The zero-order valence-electron chi connectivity index (χ0n) is 15.6. The first-order chi connectivity index (χ1) is 14.0. The summed E-state index contributed by atoms with van der Waals surface area (Å²) in [6.07, 6.45) is 0.344. The summed E-state index contributed by atoms with van der Waals surface area (Å²) in [5, 5.41) is 35.8. The number of rotatable bonds is 7. The third-order valence-corrected chi connectivity index (χ3v) is 6.52. The number of aliphatic hydroxyl groups excluding tert-OH is 3. The molecule has 0 saturated carbocycles. The van der Waals surface area contributed by atoms with Gasteiger partial charge in [-0.25, -0.2) is 15.0 Å². The van der Waals surface area contributed by atoms with Gasteiger partial charge in [0.15, 0.2) is 23.2 Å². The number of aliphatic hydroxyl groups is 3. The summed E-state index contributed by atoms with van der Waals surface area (Å²) in [5.74, 6) is 0.569. The number of fused-ring (bicyclic) bond motifs is 1. The van der Waals surface area contributed by atoms with Crippen LogP contribution in [0.4, 0.5) is 5.82 Å². The van der Waals surface area contributed by atoms with Gasteiger partial charge in [-0.3, -0.25) is 4.57 Å². The molecule has 4 N–H and O–H groups in total. The van der Waals surface area contributed by atoms with Gasteiger partial charge in [-0.2, -0.15) is 0 Å². The average molecular weight is 440 g/mol. The van der Waals surface area contributed by atoms with Gasteiger partial charge < -0.3 is 25.4 Å². The molecule has 4 heterocycles. The van der Waals surface area contributed by atoms with E-state index in [1.807, 2.05) is 11.4 Å². The molecule has 3 aromatic heterocycles. The Kier molecular flexibility index (Phi) is 6.00. The minimum absolute atomic E-state index is 0.100. The molecule has 156 valence electrons. The van der Waals surface area contributed by atoms with Crippen LogP contribution >= 0.6 is 22.9 Å². The van der Waals surface area contributed by atoms with Crippen molar-refractivity contribution in [2.45, 2.75) is 50.3 Å². The highest BCUT2D eigenvalue weighted by Gasteiger charge is 2.44. The standard InChI is InChI=1S/C18H22ClN5O4S/c1-2-9(5-12-10(19)3-4-29-12)23-16-13-17(21-7-20-16)24(8-22-13)18-15(27)14(26)11(6-25)28-18/h3-4,7-9,11,14-15,18,25-27H,2,5-6H2,1H3,(H,20,21,23)/t9-,11-,14?,15?,18-/m1/s1. The Labute approximate surface area is 176 Å². The second kappa shape index (κ2) is 8.50. The van der Waals surface area contributed by atoms with Crippen LogP contribution in [0, 0.1) is 0 Å². The maximum Gasteiger partial charge on any atom is 0.167 e. The van der Waals surface area contributed by atoms with E-state index in [0.29, 0.717) is 17.0 Å². The van der Waals surface area contributed by atoms with Crippen LogP contribution in [0.5, 0.6) is 0 Å². The lowest BCUT2D eigenvalue weighted by atomic mass is 10.1. The molecule has 1 saturated heterocycles. The topological polar surface area (TPSA) is 126 Å². The molecule has 1 aliphatic heterocycles. The summed E-state index contributed by atoms with van der Waals surface area (Å²) in [6, 6.07) is 1.99. The molecule has 29 heavy (non-hydrogen) atoms.